The first-order valence-electron chi connectivity index (χ1n) is 12.5. The van der Waals surface area contributed by atoms with Gasteiger partial charge < -0.3 is 10.6 Å². The zero-order chi connectivity index (χ0) is 21.7. The molecule has 4 nitrogen and oxygen atoms in total. The fourth-order valence-electron chi connectivity index (χ4n) is 6.71. The highest BCUT2D eigenvalue weighted by atomic mass is 16.2. The smallest absolute Gasteiger partial charge is 0.228 e. The highest BCUT2D eigenvalue weighted by Gasteiger charge is 2.55. The number of hydrogen-bond donors (Lipinski definition) is 2. The highest BCUT2D eigenvalue weighted by molar-refractivity contribution is 5.96. The summed E-state index contributed by atoms with van der Waals surface area (Å²) in [7, 11) is 0. The second kappa shape index (κ2) is 8.06. The number of carbonyl (C=O) groups excluding carboxylic acids is 2. The van der Waals surface area contributed by atoms with Crippen LogP contribution in [0.1, 0.15) is 51.4 Å². The summed E-state index contributed by atoms with van der Waals surface area (Å²) >= 11 is 0. The summed E-state index contributed by atoms with van der Waals surface area (Å²) in [6.07, 6.45) is 10.0. The Morgan fingerprint density at radius 2 is 0.844 bits per heavy atom. The summed E-state index contributed by atoms with van der Waals surface area (Å²) in [5.41, 5.74) is 3.96. The van der Waals surface area contributed by atoms with Gasteiger partial charge in [0, 0.05) is 23.2 Å². The monoisotopic (exact) mass is 428 g/mol. The van der Waals surface area contributed by atoms with Crippen molar-refractivity contribution in [3.8, 4) is 11.1 Å². The van der Waals surface area contributed by atoms with Crippen molar-refractivity contribution >= 4 is 23.2 Å². The molecule has 6 rings (SSSR count). The molecule has 32 heavy (non-hydrogen) atoms. The van der Waals surface area contributed by atoms with Crippen LogP contribution < -0.4 is 10.6 Å². The van der Waals surface area contributed by atoms with Crippen molar-refractivity contribution in [2.75, 3.05) is 10.6 Å². The van der Waals surface area contributed by atoms with Crippen LogP contribution in [0.5, 0.6) is 0 Å². The van der Waals surface area contributed by atoms with E-state index in [1.807, 2.05) is 24.3 Å². The molecule has 4 aliphatic rings. The van der Waals surface area contributed by atoms with Crippen LogP contribution >= 0.6 is 0 Å². The summed E-state index contributed by atoms with van der Waals surface area (Å²) in [5.74, 6) is 3.39. The van der Waals surface area contributed by atoms with Gasteiger partial charge in [0.15, 0.2) is 0 Å². The van der Waals surface area contributed by atoms with Gasteiger partial charge in [-0.15, -0.1) is 0 Å². The van der Waals surface area contributed by atoms with E-state index in [0.29, 0.717) is 23.7 Å². The number of hydrogen-bond acceptors (Lipinski definition) is 2. The average molecular weight is 429 g/mol. The van der Waals surface area contributed by atoms with E-state index >= 15 is 0 Å². The molecule has 0 aliphatic heterocycles. The van der Waals surface area contributed by atoms with Gasteiger partial charge in [0.1, 0.15) is 0 Å². The summed E-state index contributed by atoms with van der Waals surface area (Å²) in [4.78, 5) is 25.2. The molecule has 2 aromatic carbocycles. The van der Waals surface area contributed by atoms with E-state index in [4.69, 9.17) is 0 Å². The van der Waals surface area contributed by atoms with Crippen LogP contribution in [0.2, 0.25) is 0 Å². The minimum atomic E-state index is 0.199. The van der Waals surface area contributed by atoms with E-state index in [1.165, 1.54) is 51.4 Å². The Balaban J connectivity index is 1.05. The molecule has 2 N–H and O–H groups in total. The third kappa shape index (κ3) is 3.74. The van der Waals surface area contributed by atoms with Crippen LogP contribution in [0.4, 0.5) is 11.4 Å². The molecule has 4 heteroatoms. The quantitative estimate of drug-likeness (QED) is 0.604. The lowest BCUT2D eigenvalue weighted by Gasteiger charge is -2.09. The summed E-state index contributed by atoms with van der Waals surface area (Å²) in [6.45, 7) is 0. The van der Waals surface area contributed by atoms with Gasteiger partial charge >= 0.3 is 0 Å². The third-order valence-electron chi connectivity index (χ3n) is 8.56. The summed E-state index contributed by atoms with van der Waals surface area (Å²) < 4.78 is 0. The van der Waals surface area contributed by atoms with Gasteiger partial charge in [0.2, 0.25) is 11.8 Å². The molecule has 4 aliphatic carbocycles. The minimum Gasteiger partial charge on any atom is -0.326 e. The Hall–Kier alpha value is -2.62. The van der Waals surface area contributed by atoms with Crippen molar-refractivity contribution in [1.29, 1.82) is 0 Å². The molecule has 0 bridgehead atoms. The normalized spacial score (nSPS) is 32.2. The molecular weight excluding hydrogens is 396 g/mol. The lowest BCUT2D eigenvalue weighted by molar-refractivity contribution is -0.118. The van der Waals surface area contributed by atoms with E-state index in [-0.39, 0.29) is 23.7 Å². The average Bonchev–Trinajstić information content (AvgIpc) is 3.72. The molecule has 0 aromatic heterocycles. The largest absolute Gasteiger partial charge is 0.326 e. The van der Waals surface area contributed by atoms with Gasteiger partial charge in [-0.25, -0.2) is 0 Å². The topological polar surface area (TPSA) is 58.2 Å². The molecule has 4 atom stereocenters. The van der Waals surface area contributed by atoms with E-state index in [0.717, 1.165) is 22.5 Å². The van der Waals surface area contributed by atoms with Gasteiger partial charge in [-0.3, -0.25) is 9.59 Å². The van der Waals surface area contributed by atoms with Gasteiger partial charge in [-0.1, -0.05) is 49.9 Å². The van der Waals surface area contributed by atoms with E-state index in [2.05, 4.69) is 34.9 Å². The minimum absolute atomic E-state index is 0.199. The van der Waals surface area contributed by atoms with Crippen LogP contribution in [0.15, 0.2) is 48.5 Å². The molecule has 4 saturated carbocycles. The van der Waals surface area contributed by atoms with Crippen molar-refractivity contribution < 1.29 is 9.59 Å². The Labute approximate surface area is 190 Å². The molecule has 0 heterocycles. The molecule has 4 fully saturated rings. The summed E-state index contributed by atoms with van der Waals surface area (Å²) in [6, 6.07) is 16.2. The Morgan fingerprint density at radius 3 is 1.16 bits per heavy atom. The molecule has 2 aromatic rings. The number of benzene rings is 2. The van der Waals surface area contributed by atoms with Crippen LogP contribution in [0.3, 0.4) is 0 Å². The van der Waals surface area contributed by atoms with Crippen LogP contribution in [0.25, 0.3) is 11.1 Å². The molecular formula is C28H32N2O2. The number of fused-ring (bicyclic) bond motifs is 2. The van der Waals surface area contributed by atoms with Gasteiger partial charge in [0.25, 0.3) is 0 Å². The zero-order valence-corrected chi connectivity index (χ0v) is 18.6. The Kier molecular flexibility index (Phi) is 5.04. The first-order valence-corrected chi connectivity index (χ1v) is 12.5. The van der Waals surface area contributed by atoms with Crippen molar-refractivity contribution in [2.45, 2.75) is 51.4 Å². The predicted molar refractivity (Wildman–Crippen MR) is 127 cm³/mol. The second-order valence-corrected chi connectivity index (χ2v) is 10.4. The van der Waals surface area contributed by atoms with Crippen molar-refractivity contribution in [3.63, 3.8) is 0 Å². The van der Waals surface area contributed by atoms with Crippen molar-refractivity contribution in [2.24, 2.45) is 35.5 Å². The van der Waals surface area contributed by atoms with Crippen LogP contribution in [-0.2, 0) is 9.59 Å². The number of carbonyl (C=O) groups is 2. The molecule has 2 amide bonds. The van der Waals surface area contributed by atoms with Gasteiger partial charge in [-0.2, -0.15) is 0 Å². The number of nitrogens with one attached hydrogen (secondary N) is 2. The zero-order valence-electron chi connectivity index (χ0n) is 18.6. The maximum atomic E-state index is 12.6. The number of amides is 2. The maximum absolute atomic E-state index is 12.6. The first-order chi connectivity index (χ1) is 15.7. The van der Waals surface area contributed by atoms with Crippen molar-refractivity contribution in [3.05, 3.63) is 48.5 Å². The number of anilines is 2. The van der Waals surface area contributed by atoms with Crippen LogP contribution in [0, 0.1) is 35.5 Å². The standard InChI is InChI=1S/C28H32N2O2/c31-27(25-21-5-1-2-6-22(21)25)29-19-13-9-17(10-14-19)18-11-15-20(16-12-18)30-28(32)26-23-7-3-4-8-24(23)26/h9-16,21-26H,1-8H2,(H,29,31)(H,30,32)/t21-,22-,23+,24+. The SMILES string of the molecule is O=C(Nc1ccc(-c2ccc(NC(=O)C3[C@@H]4CCCC[C@@H]34)cc2)cc1)C1[C@H]2CCCC[C@H]12. The van der Waals surface area contributed by atoms with Crippen LogP contribution in [-0.4, -0.2) is 11.8 Å². The van der Waals surface area contributed by atoms with Gasteiger partial charge in [-0.05, 0) is 84.7 Å². The summed E-state index contributed by atoms with van der Waals surface area (Å²) in [5, 5.41) is 6.24. The number of rotatable bonds is 5. The molecule has 0 saturated heterocycles. The second-order valence-electron chi connectivity index (χ2n) is 10.4. The van der Waals surface area contributed by atoms with Crippen molar-refractivity contribution in [1.82, 2.24) is 0 Å². The molecule has 0 unspecified atom stereocenters. The third-order valence-corrected chi connectivity index (χ3v) is 8.56. The molecule has 0 radical (unpaired) electrons. The molecule has 0 spiro atoms. The van der Waals surface area contributed by atoms with E-state index < -0.39 is 0 Å². The Morgan fingerprint density at radius 1 is 0.531 bits per heavy atom. The first kappa shape index (κ1) is 20.0. The van der Waals surface area contributed by atoms with E-state index in [9.17, 15) is 9.59 Å². The molecule has 166 valence electrons. The fraction of sp³-hybridized carbons (Fsp3) is 0.500. The van der Waals surface area contributed by atoms with E-state index in [1.54, 1.807) is 0 Å². The lowest BCUT2D eigenvalue weighted by atomic mass is 10.0. The Bertz CT molecular complexity index is 905. The van der Waals surface area contributed by atoms with Gasteiger partial charge in [0.05, 0.1) is 0 Å². The fourth-order valence-corrected chi connectivity index (χ4v) is 6.71. The predicted octanol–water partition coefficient (Wildman–Crippen LogP) is 6.10. The maximum Gasteiger partial charge on any atom is 0.228 e. The highest BCUT2D eigenvalue weighted by Crippen LogP contribution is 2.56. The lowest BCUT2D eigenvalue weighted by Crippen LogP contribution is -2.15.